The van der Waals surface area contributed by atoms with E-state index in [1.54, 1.807) is 31.9 Å². The summed E-state index contributed by atoms with van der Waals surface area (Å²) in [4.78, 5) is 39.0. The van der Waals surface area contributed by atoms with Crippen LogP contribution in [-0.2, 0) is 4.79 Å². The maximum Gasteiger partial charge on any atom is 0.293 e. The number of fused-ring (bicyclic) bond motifs is 3. The molecule has 0 bridgehead atoms. The Morgan fingerprint density at radius 3 is 2.69 bits per heavy atom. The number of benzene rings is 2. The van der Waals surface area contributed by atoms with Gasteiger partial charge in [0.2, 0.25) is 0 Å². The molecule has 1 fully saturated rings. The number of piperidine rings is 1. The van der Waals surface area contributed by atoms with Crippen molar-refractivity contribution in [2.75, 3.05) is 19.7 Å². The highest BCUT2D eigenvalue weighted by Crippen LogP contribution is 2.37. The smallest absolute Gasteiger partial charge is 0.293 e. The highest BCUT2D eigenvalue weighted by molar-refractivity contribution is 7.25. The van der Waals surface area contributed by atoms with E-state index < -0.39 is 17.4 Å². The van der Waals surface area contributed by atoms with Crippen LogP contribution in [0.1, 0.15) is 31.4 Å². The van der Waals surface area contributed by atoms with E-state index in [0.29, 0.717) is 40.0 Å². The topological polar surface area (TPSA) is 81.7 Å². The van der Waals surface area contributed by atoms with Gasteiger partial charge in [0.1, 0.15) is 4.83 Å². The fraction of sp³-hybridized carbons (Fsp3) is 0.258. The SMILES string of the molecule is [C-]#[N+]c1ccc2sc3c(cc(F)c(=O)n3[C@@H](C)c3cccc(-c4ncc(OCC5CCN([B]C=O)CC5)cn4)c3)c2c1. The lowest BCUT2D eigenvalue weighted by atomic mass is 9.87. The summed E-state index contributed by atoms with van der Waals surface area (Å²) in [5.74, 6) is 0.680. The van der Waals surface area contributed by atoms with Gasteiger partial charge in [-0.3, -0.25) is 9.36 Å². The Labute approximate surface area is 246 Å². The molecule has 1 atom stereocenters. The van der Waals surface area contributed by atoms with Gasteiger partial charge in [-0.05, 0) is 67.9 Å². The van der Waals surface area contributed by atoms with Gasteiger partial charge in [-0.15, -0.1) is 11.3 Å². The van der Waals surface area contributed by atoms with Gasteiger partial charge in [0, 0.05) is 15.6 Å². The molecule has 4 heterocycles. The molecule has 8 nitrogen and oxygen atoms in total. The minimum absolute atomic E-state index is 0.410. The molecule has 2 aromatic carbocycles. The van der Waals surface area contributed by atoms with Crippen LogP contribution in [0.3, 0.4) is 0 Å². The summed E-state index contributed by atoms with van der Waals surface area (Å²) < 4.78 is 23.3. The molecule has 5 aromatic rings. The standard InChI is InChI=1S/C31H26BFN5O3S/c1-19(38-30(40)27(33)14-26-25-13-23(34-2)6-7-28(25)42-31(26)38)21-4-3-5-22(12-21)29-35-15-24(16-36-29)41-17-20-8-10-37(11-9-20)32-18-39/h3-7,12-16,18-20H,8-11,17H2,1H3/t19-/m0/s1. The highest BCUT2D eigenvalue weighted by Gasteiger charge is 2.21. The summed E-state index contributed by atoms with van der Waals surface area (Å²) in [6, 6.07) is 13.7. The van der Waals surface area contributed by atoms with Crippen molar-refractivity contribution in [3.63, 3.8) is 0 Å². The third-order valence-electron chi connectivity index (χ3n) is 7.78. The van der Waals surface area contributed by atoms with Crippen LogP contribution in [0.2, 0.25) is 0 Å². The van der Waals surface area contributed by atoms with Crippen LogP contribution in [0.25, 0.3) is 36.5 Å². The molecule has 11 heteroatoms. The molecule has 1 aliphatic rings. The molecule has 0 spiro atoms. The van der Waals surface area contributed by atoms with Crippen LogP contribution in [0.4, 0.5) is 10.1 Å². The number of aromatic nitrogens is 3. The minimum atomic E-state index is -0.831. The first-order valence-corrected chi connectivity index (χ1v) is 14.5. The summed E-state index contributed by atoms with van der Waals surface area (Å²) in [5.41, 5.74) is 1.35. The molecule has 0 saturated carbocycles. The second-order valence-electron chi connectivity index (χ2n) is 10.4. The van der Waals surface area contributed by atoms with Crippen LogP contribution in [-0.4, -0.2) is 52.6 Å². The molecule has 0 N–H and O–H groups in total. The number of hydrogen-bond donors (Lipinski definition) is 0. The second-order valence-corrected chi connectivity index (χ2v) is 11.4. The molecular weight excluding hydrogens is 552 g/mol. The average molecular weight is 578 g/mol. The van der Waals surface area contributed by atoms with Gasteiger partial charge in [0.15, 0.2) is 23.1 Å². The third-order valence-corrected chi connectivity index (χ3v) is 8.97. The number of rotatable bonds is 8. The third kappa shape index (κ3) is 5.43. The van der Waals surface area contributed by atoms with E-state index in [1.807, 2.05) is 42.1 Å². The molecule has 209 valence electrons. The first-order valence-electron chi connectivity index (χ1n) is 13.7. The normalized spacial score (nSPS) is 15.0. The Bertz CT molecular complexity index is 1880. The van der Waals surface area contributed by atoms with E-state index >= 15 is 0 Å². The molecular formula is C31H26BFN5O3S. The monoisotopic (exact) mass is 578 g/mol. The Hall–Kier alpha value is -4.40. The van der Waals surface area contributed by atoms with E-state index in [0.717, 1.165) is 53.3 Å². The molecule has 6 rings (SSSR count). The van der Waals surface area contributed by atoms with Gasteiger partial charge in [-0.1, -0.05) is 30.3 Å². The molecule has 1 saturated heterocycles. The van der Waals surface area contributed by atoms with Crippen molar-refractivity contribution in [1.82, 2.24) is 19.3 Å². The highest BCUT2D eigenvalue weighted by atomic mass is 32.1. The largest absolute Gasteiger partial charge is 0.490 e. The van der Waals surface area contributed by atoms with E-state index in [9.17, 15) is 14.0 Å². The van der Waals surface area contributed by atoms with Crippen molar-refractivity contribution >= 4 is 50.9 Å². The molecule has 3 aromatic heterocycles. The molecule has 0 unspecified atom stereocenters. The Kier molecular flexibility index (Phi) is 7.83. The lowest BCUT2D eigenvalue weighted by Crippen LogP contribution is -2.38. The zero-order valence-corrected chi connectivity index (χ0v) is 23.7. The van der Waals surface area contributed by atoms with E-state index in [1.165, 1.54) is 22.0 Å². The predicted molar refractivity (Wildman–Crippen MR) is 163 cm³/mol. The molecule has 42 heavy (non-hydrogen) atoms. The summed E-state index contributed by atoms with van der Waals surface area (Å²) >= 11 is 1.41. The first kappa shape index (κ1) is 27.8. The number of halogens is 1. The fourth-order valence-electron chi connectivity index (χ4n) is 5.42. The quantitative estimate of drug-likeness (QED) is 0.130. The maximum absolute atomic E-state index is 14.9. The van der Waals surface area contributed by atoms with Gasteiger partial charge in [0.25, 0.3) is 13.0 Å². The van der Waals surface area contributed by atoms with Gasteiger partial charge >= 0.3 is 0 Å². The number of pyridine rings is 1. The van der Waals surface area contributed by atoms with Crippen molar-refractivity contribution in [2.24, 2.45) is 5.92 Å². The van der Waals surface area contributed by atoms with E-state index in [-0.39, 0.29) is 0 Å². The number of hydrogen-bond acceptors (Lipinski definition) is 7. The van der Waals surface area contributed by atoms with Crippen LogP contribution >= 0.6 is 11.3 Å². The molecule has 0 aliphatic carbocycles. The van der Waals surface area contributed by atoms with Gasteiger partial charge in [0.05, 0.1) is 37.8 Å². The van der Waals surface area contributed by atoms with Gasteiger partial charge in [-0.2, -0.15) is 0 Å². The summed E-state index contributed by atoms with van der Waals surface area (Å²) in [5, 5.41) is 1.37. The van der Waals surface area contributed by atoms with Crippen molar-refractivity contribution in [2.45, 2.75) is 25.8 Å². The number of ether oxygens (including phenoxy) is 1. The zero-order valence-electron chi connectivity index (χ0n) is 22.9. The summed E-state index contributed by atoms with van der Waals surface area (Å²) in [6.07, 6.45) is 6.05. The predicted octanol–water partition coefficient (Wildman–Crippen LogP) is 5.87. The van der Waals surface area contributed by atoms with Crippen LogP contribution in [0, 0.1) is 18.3 Å². The van der Waals surface area contributed by atoms with Crippen LogP contribution in [0.5, 0.6) is 5.75 Å². The van der Waals surface area contributed by atoms with E-state index in [2.05, 4.69) is 14.8 Å². The Morgan fingerprint density at radius 2 is 1.95 bits per heavy atom. The Morgan fingerprint density at radius 1 is 1.17 bits per heavy atom. The lowest BCUT2D eigenvalue weighted by Gasteiger charge is -2.30. The van der Waals surface area contributed by atoms with Crippen LogP contribution < -0.4 is 10.3 Å². The molecule has 1 radical (unpaired) electrons. The summed E-state index contributed by atoms with van der Waals surface area (Å²) in [6.45, 7) is 11.5. The fourth-order valence-corrected chi connectivity index (χ4v) is 6.66. The zero-order chi connectivity index (χ0) is 29.2. The van der Waals surface area contributed by atoms with Crippen molar-refractivity contribution < 1.29 is 13.9 Å². The molecule has 1 aliphatic heterocycles. The number of thiophene rings is 1. The minimum Gasteiger partial charge on any atom is -0.490 e. The molecule has 0 amide bonds. The van der Waals surface area contributed by atoms with Gasteiger partial charge in [-0.25, -0.2) is 19.2 Å². The average Bonchev–Trinajstić information content (AvgIpc) is 3.38. The number of nitrogens with zero attached hydrogens (tertiary/aromatic N) is 5. The number of carbonyl (C=O) groups excluding carboxylic acids is 1. The van der Waals surface area contributed by atoms with Crippen LogP contribution in [0.15, 0.2) is 65.7 Å². The number of carbonyl (C=O) groups is 1. The lowest BCUT2D eigenvalue weighted by molar-refractivity contribution is 0.185. The first-order chi connectivity index (χ1) is 20.4. The Balaban J connectivity index is 1.23. The van der Waals surface area contributed by atoms with Crippen molar-refractivity contribution in [1.29, 1.82) is 0 Å². The van der Waals surface area contributed by atoms with Crippen molar-refractivity contribution in [3.8, 4) is 17.1 Å². The summed E-state index contributed by atoms with van der Waals surface area (Å²) in [7, 11) is 1.59. The second kappa shape index (κ2) is 11.8. The maximum atomic E-state index is 14.9. The van der Waals surface area contributed by atoms with Crippen molar-refractivity contribution in [3.05, 3.63) is 94.1 Å². The van der Waals surface area contributed by atoms with Gasteiger partial charge < -0.3 is 14.3 Å². The van der Waals surface area contributed by atoms with E-state index in [4.69, 9.17) is 11.3 Å².